The maximum absolute atomic E-state index is 8.71. The highest BCUT2D eigenvalue weighted by Crippen LogP contribution is 2.13. The molecule has 0 aromatic carbocycles. The third-order valence-electron chi connectivity index (χ3n) is 1.70. The fourth-order valence-electron chi connectivity index (χ4n) is 0.765. The molecule has 1 heterocycles. The molecule has 0 radical (unpaired) electrons. The van der Waals surface area contributed by atoms with Gasteiger partial charge < -0.3 is 4.74 Å². The van der Waals surface area contributed by atoms with E-state index in [-0.39, 0.29) is 6.10 Å². The lowest BCUT2D eigenvalue weighted by molar-refractivity contribution is 0.205. The average Bonchev–Trinajstić information content (AvgIpc) is 2.18. The van der Waals surface area contributed by atoms with Crippen molar-refractivity contribution in [2.24, 2.45) is 0 Å². The van der Waals surface area contributed by atoms with Crippen LogP contribution in [0.1, 0.15) is 25.8 Å². The van der Waals surface area contributed by atoms with Crippen LogP contribution in [0.5, 0.6) is 5.88 Å². The van der Waals surface area contributed by atoms with Crippen molar-refractivity contribution in [1.29, 1.82) is 5.26 Å². The minimum absolute atomic E-state index is 0.0591. The number of nitrogens with zero attached hydrogens (tertiary/aromatic N) is 3. The Morgan fingerprint density at radius 1 is 1.69 bits per heavy atom. The summed E-state index contributed by atoms with van der Waals surface area (Å²) in [6.07, 6.45) is 2.41. The summed E-state index contributed by atoms with van der Waals surface area (Å²) in [5.74, 6) is 0.319. The van der Waals surface area contributed by atoms with E-state index in [1.165, 1.54) is 6.20 Å². The van der Waals surface area contributed by atoms with E-state index in [2.05, 4.69) is 10.2 Å². The second-order valence-corrected chi connectivity index (χ2v) is 2.70. The third-order valence-corrected chi connectivity index (χ3v) is 1.70. The van der Waals surface area contributed by atoms with E-state index in [1.807, 2.05) is 19.9 Å². The average molecular weight is 177 g/mol. The maximum Gasteiger partial charge on any atom is 0.251 e. The highest BCUT2D eigenvalue weighted by atomic mass is 16.5. The van der Waals surface area contributed by atoms with Crippen molar-refractivity contribution in [2.75, 3.05) is 0 Å². The number of aromatic nitrogens is 2. The molecule has 0 aliphatic rings. The predicted octanol–water partition coefficient (Wildman–Crippen LogP) is 1.53. The molecule has 1 aromatic rings. The molecule has 1 rings (SSSR count). The molecule has 4 heteroatoms. The van der Waals surface area contributed by atoms with Crippen LogP contribution in [0.15, 0.2) is 12.3 Å². The molecule has 0 spiro atoms. The first-order chi connectivity index (χ1) is 6.27. The van der Waals surface area contributed by atoms with Crippen LogP contribution >= 0.6 is 0 Å². The van der Waals surface area contributed by atoms with Gasteiger partial charge in [-0.2, -0.15) is 10.4 Å². The molecule has 0 bridgehead atoms. The Bertz CT molecular complexity index is 319. The number of rotatable bonds is 3. The molecule has 0 saturated carbocycles. The molecule has 0 aliphatic heterocycles. The summed E-state index contributed by atoms with van der Waals surface area (Å²) in [7, 11) is 0. The Morgan fingerprint density at radius 2 is 2.46 bits per heavy atom. The van der Waals surface area contributed by atoms with Gasteiger partial charge >= 0.3 is 0 Å². The lowest BCUT2D eigenvalue weighted by Crippen LogP contribution is -2.12. The van der Waals surface area contributed by atoms with Gasteiger partial charge in [0.2, 0.25) is 0 Å². The SMILES string of the molecule is CCC(C)Oc1nnccc1C#N. The van der Waals surface area contributed by atoms with Crippen molar-refractivity contribution in [3.05, 3.63) is 17.8 Å². The Hall–Kier alpha value is -1.63. The topological polar surface area (TPSA) is 58.8 Å². The van der Waals surface area contributed by atoms with Crippen molar-refractivity contribution in [1.82, 2.24) is 10.2 Å². The van der Waals surface area contributed by atoms with E-state index in [1.54, 1.807) is 6.07 Å². The fraction of sp³-hybridized carbons (Fsp3) is 0.444. The maximum atomic E-state index is 8.71. The van der Waals surface area contributed by atoms with E-state index < -0.39 is 0 Å². The van der Waals surface area contributed by atoms with Crippen LogP contribution in [0.2, 0.25) is 0 Å². The Kier molecular flexibility index (Phi) is 3.21. The summed E-state index contributed by atoms with van der Waals surface area (Å²) in [6.45, 7) is 3.93. The molecule has 13 heavy (non-hydrogen) atoms. The fourth-order valence-corrected chi connectivity index (χ4v) is 0.765. The van der Waals surface area contributed by atoms with Gasteiger partial charge in [0.15, 0.2) is 0 Å². The van der Waals surface area contributed by atoms with Gasteiger partial charge in [-0.1, -0.05) is 6.92 Å². The molecular weight excluding hydrogens is 166 g/mol. The van der Waals surface area contributed by atoms with Gasteiger partial charge in [-0.05, 0) is 19.4 Å². The number of hydrogen-bond donors (Lipinski definition) is 0. The highest BCUT2D eigenvalue weighted by Gasteiger charge is 2.07. The van der Waals surface area contributed by atoms with E-state index in [4.69, 9.17) is 10.00 Å². The molecule has 0 amide bonds. The summed E-state index contributed by atoms with van der Waals surface area (Å²) in [4.78, 5) is 0. The van der Waals surface area contributed by atoms with Crippen LogP contribution in [0.25, 0.3) is 0 Å². The van der Waals surface area contributed by atoms with Gasteiger partial charge in [0.25, 0.3) is 5.88 Å². The molecular formula is C9H11N3O. The van der Waals surface area contributed by atoms with Gasteiger partial charge in [-0.3, -0.25) is 0 Å². The molecule has 0 saturated heterocycles. The van der Waals surface area contributed by atoms with Crippen LogP contribution in [0.3, 0.4) is 0 Å². The van der Waals surface area contributed by atoms with E-state index in [0.29, 0.717) is 11.4 Å². The Morgan fingerprint density at radius 3 is 3.08 bits per heavy atom. The molecule has 4 nitrogen and oxygen atoms in total. The zero-order chi connectivity index (χ0) is 9.68. The molecule has 1 unspecified atom stereocenters. The molecule has 1 atom stereocenters. The van der Waals surface area contributed by atoms with Gasteiger partial charge in [0.1, 0.15) is 11.6 Å². The van der Waals surface area contributed by atoms with E-state index >= 15 is 0 Å². The summed E-state index contributed by atoms with van der Waals surface area (Å²) in [6, 6.07) is 3.59. The highest BCUT2D eigenvalue weighted by molar-refractivity contribution is 5.35. The molecule has 68 valence electrons. The number of nitriles is 1. The largest absolute Gasteiger partial charge is 0.473 e. The Balaban J connectivity index is 2.82. The number of ether oxygens (including phenoxy) is 1. The molecule has 0 N–H and O–H groups in total. The summed E-state index contributed by atoms with van der Waals surface area (Å²) >= 11 is 0. The summed E-state index contributed by atoms with van der Waals surface area (Å²) in [5, 5.41) is 16.1. The predicted molar refractivity (Wildman–Crippen MR) is 47.1 cm³/mol. The first-order valence-electron chi connectivity index (χ1n) is 4.16. The third kappa shape index (κ3) is 2.41. The van der Waals surface area contributed by atoms with Crippen molar-refractivity contribution in [2.45, 2.75) is 26.4 Å². The lowest BCUT2D eigenvalue weighted by atomic mass is 10.3. The van der Waals surface area contributed by atoms with Gasteiger partial charge in [0, 0.05) is 0 Å². The molecule has 0 fully saturated rings. The van der Waals surface area contributed by atoms with Crippen LogP contribution in [0.4, 0.5) is 0 Å². The first kappa shape index (κ1) is 9.46. The standard InChI is InChI=1S/C9H11N3O/c1-3-7(2)13-9-8(6-10)4-5-11-12-9/h4-5,7H,3H2,1-2H3. The zero-order valence-electron chi connectivity index (χ0n) is 7.69. The summed E-state index contributed by atoms with van der Waals surface area (Å²) in [5.41, 5.74) is 0.426. The van der Waals surface area contributed by atoms with Crippen molar-refractivity contribution >= 4 is 0 Å². The van der Waals surface area contributed by atoms with Gasteiger partial charge in [-0.15, -0.1) is 5.10 Å². The van der Waals surface area contributed by atoms with Crippen LogP contribution in [0, 0.1) is 11.3 Å². The van der Waals surface area contributed by atoms with E-state index in [0.717, 1.165) is 6.42 Å². The molecule has 1 aromatic heterocycles. The quantitative estimate of drug-likeness (QED) is 0.702. The van der Waals surface area contributed by atoms with E-state index in [9.17, 15) is 0 Å². The molecule has 0 aliphatic carbocycles. The van der Waals surface area contributed by atoms with Crippen molar-refractivity contribution < 1.29 is 4.74 Å². The monoisotopic (exact) mass is 177 g/mol. The smallest absolute Gasteiger partial charge is 0.251 e. The van der Waals surface area contributed by atoms with Gasteiger partial charge in [0.05, 0.1) is 12.3 Å². The lowest BCUT2D eigenvalue weighted by Gasteiger charge is -2.10. The second kappa shape index (κ2) is 4.41. The summed E-state index contributed by atoms with van der Waals surface area (Å²) < 4.78 is 5.39. The first-order valence-corrected chi connectivity index (χ1v) is 4.16. The van der Waals surface area contributed by atoms with Gasteiger partial charge in [-0.25, -0.2) is 0 Å². The number of hydrogen-bond acceptors (Lipinski definition) is 4. The van der Waals surface area contributed by atoms with Crippen LogP contribution < -0.4 is 4.74 Å². The van der Waals surface area contributed by atoms with Crippen molar-refractivity contribution in [3.63, 3.8) is 0 Å². The Labute approximate surface area is 77.2 Å². The van der Waals surface area contributed by atoms with Crippen LogP contribution in [-0.4, -0.2) is 16.3 Å². The zero-order valence-corrected chi connectivity index (χ0v) is 7.69. The van der Waals surface area contributed by atoms with Crippen LogP contribution in [-0.2, 0) is 0 Å². The van der Waals surface area contributed by atoms with Crippen molar-refractivity contribution in [3.8, 4) is 11.9 Å². The normalized spacial score (nSPS) is 11.8. The minimum atomic E-state index is 0.0591. The second-order valence-electron chi connectivity index (χ2n) is 2.70. The minimum Gasteiger partial charge on any atom is -0.473 e.